The van der Waals surface area contributed by atoms with Crippen molar-refractivity contribution in [3.8, 4) is 0 Å². The van der Waals surface area contributed by atoms with E-state index in [4.69, 9.17) is 4.74 Å². The molecule has 0 radical (unpaired) electrons. The third kappa shape index (κ3) is 4.42. The quantitative estimate of drug-likeness (QED) is 0.562. The number of pyridine rings is 1. The number of morpholine rings is 1. The normalized spacial score (nSPS) is 16.5. The van der Waals surface area contributed by atoms with Gasteiger partial charge in [0.1, 0.15) is 5.82 Å². The molecule has 0 aromatic carbocycles. The predicted molar refractivity (Wildman–Crippen MR) is 93.3 cm³/mol. The van der Waals surface area contributed by atoms with Gasteiger partial charge in [0, 0.05) is 52.4 Å². The Labute approximate surface area is 141 Å². The minimum Gasteiger partial charge on any atom is -0.379 e. The molecular weight excluding hydrogens is 306 g/mol. The summed E-state index contributed by atoms with van der Waals surface area (Å²) in [6.07, 6.45) is 2.77. The maximum Gasteiger partial charge on any atom is 0.191 e. The van der Waals surface area contributed by atoms with Crippen molar-refractivity contribution in [2.24, 2.45) is 4.99 Å². The molecule has 2 aromatic rings. The van der Waals surface area contributed by atoms with Gasteiger partial charge in [0.2, 0.25) is 0 Å². The van der Waals surface area contributed by atoms with Gasteiger partial charge in [0.05, 0.1) is 13.2 Å². The van der Waals surface area contributed by atoms with Crippen LogP contribution in [0.15, 0.2) is 29.4 Å². The molecule has 0 aliphatic carbocycles. The maximum absolute atomic E-state index is 5.36. The smallest absolute Gasteiger partial charge is 0.191 e. The van der Waals surface area contributed by atoms with Crippen LogP contribution < -0.4 is 10.6 Å². The van der Waals surface area contributed by atoms with Gasteiger partial charge in [-0.15, -0.1) is 10.2 Å². The van der Waals surface area contributed by atoms with Crippen LogP contribution in [0.5, 0.6) is 0 Å². The molecule has 0 unspecified atom stereocenters. The highest BCUT2D eigenvalue weighted by atomic mass is 16.5. The Morgan fingerprint density at radius 2 is 2.04 bits per heavy atom. The third-order valence-electron chi connectivity index (χ3n) is 4.07. The van der Waals surface area contributed by atoms with Gasteiger partial charge in [-0.2, -0.15) is 0 Å². The van der Waals surface area contributed by atoms with Crippen molar-refractivity contribution >= 4 is 11.6 Å². The number of ether oxygens (including phenoxy) is 1. The summed E-state index contributed by atoms with van der Waals surface area (Å²) in [5.74, 6) is 1.76. The lowest BCUT2D eigenvalue weighted by atomic mass is 10.4. The van der Waals surface area contributed by atoms with Gasteiger partial charge < -0.3 is 15.4 Å². The van der Waals surface area contributed by atoms with E-state index in [2.05, 4.69) is 30.7 Å². The Bertz CT molecular complexity index is 663. The fraction of sp³-hybridized carbons (Fsp3) is 0.562. The van der Waals surface area contributed by atoms with Crippen molar-refractivity contribution in [1.29, 1.82) is 0 Å². The standard InChI is InChI=1S/C16H25N7O/c1-17-16(19-7-9-22-10-12-24-13-11-22)18-6-5-15-21-20-14-4-2-3-8-23(14)15/h2-4,8H,5-7,9-13H2,1H3,(H2,17,18,19). The number of fused-ring (bicyclic) bond motifs is 1. The predicted octanol–water partition coefficient (Wildman–Crippen LogP) is -0.231. The first-order valence-corrected chi connectivity index (χ1v) is 8.40. The minimum absolute atomic E-state index is 0.757. The summed E-state index contributed by atoms with van der Waals surface area (Å²) in [7, 11) is 1.79. The summed E-state index contributed by atoms with van der Waals surface area (Å²) in [6.45, 7) is 6.30. The van der Waals surface area contributed by atoms with E-state index in [1.54, 1.807) is 7.05 Å². The summed E-state index contributed by atoms with van der Waals surface area (Å²) in [5, 5.41) is 15.1. The van der Waals surface area contributed by atoms with Crippen LogP contribution >= 0.6 is 0 Å². The number of guanidine groups is 1. The lowest BCUT2D eigenvalue weighted by Gasteiger charge is -2.26. The SMILES string of the molecule is CN=C(NCCc1nnc2ccccn12)NCCN1CCOCC1. The van der Waals surface area contributed by atoms with Crippen LogP contribution in [0.4, 0.5) is 0 Å². The monoisotopic (exact) mass is 331 g/mol. The molecule has 0 spiro atoms. The van der Waals surface area contributed by atoms with E-state index in [-0.39, 0.29) is 0 Å². The second kappa shape index (κ2) is 8.60. The Morgan fingerprint density at radius 3 is 2.88 bits per heavy atom. The van der Waals surface area contributed by atoms with E-state index < -0.39 is 0 Å². The highest BCUT2D eigenvalue weighted by Gasteiger charge is 2.10. The van der Waals surface area contributed by atoms with Crippen molar-refractivity contribution in [2.75, 3.05) is 53.0 Å². The first-order chi connectivity index (χ1) is 11.9. The number of rotatable bonds is 6. The largest absolute Gasteiger partial charge is 0.379 e. The summed E-state index contributed by atoms with van der Waals surface area (Å²) >= 11 is 0. The zero-order valence-corrected chi connectivity index (χ0v) is 14.1. The molecule has 0 atom stereocenters. The second-order valence-electron chi connectivity index (χ2n) is 5.67. The van der Waals surface area contributed by atoms with E-state index in [0.717, 1.165) is 69.8 Å². The van der Waals surface area contributed by atoms with Crippen molar-refractivity contribution in [2.45, 2.75) is 6.42 Å². The first-order valence-electron chi connectivity index (χ1n) is 8.40. The molecule has 1 saturated heterocycles. The van der Waals surface area contributed by atoms with Crippen LogP contribution in [0.1, 0.15) is 5.82 Å². The van der Waals surface area contributed by atoms with E-state index in [1.807, 2.05) is 28.8 Å². The highest BCUT2D eigenvalue weighted by Crippen LogP contribution is 2.02. The van der Waals surface area contributed by atoms with Crippen molar-refractivity contribution in [1.82, 2.24) is 30.1 Å². The van der Waals surface area contributed by atoms with Crippen molar-refractivity contribution in [3.63, 3.8) is 0 Å². The Morgan fingerprint density at radius 1 is 1.21 bits per heavy atom. The molecule has 2 N–H and O–H groups in total. The number of aliphatic imine (C=N–C) groups is 1. The summed E-state index contributed by atoms with van der Waals surface area (Å²) in [5.41, 5.74) is 0.875. The fourth-order valence-corrected chi connectivity index (χ4v) is 2.73. The Kier molecular flexibility index (Phi) is 5.97. The fourth-order valence-electron chi connectivity index (χ4n) is 2.73. The van der Waals surface area contributed by atoms with Crippen LogP contribution in [-0.2, 0) is 11.2 Å². The summed E-state index contributed by atoms with van der Waals surface area (Å²) in [6, 6.07) is 5.90. The van der Waals surface area contributed by atoms with Crippen molar-refractivity contribution < 1.29 is 4.74 Å². The van der Waals surface area contributed by atoms with Gasteiger partial charge in [-0.25, -0.2) is 0 Å². The Hall–Kier alpha value is -2.19. The zero-order valence-electron chi connectivity index (χ0n) is 14.1. The molecule has 0 bridgehead atoms. The molecule has 1 aliphatic rings. The number of hydrogen-bond donors (Lipinski definition) is 2. The highest BCUT2D eigenvalue weighted by molar-refractivity contribution is 5.79. The number of nitrogens with zero attached hydrogens (tertiary/aromatic N) is 5. The molecule has 24 heavy (non-hydrogen) atoms. The average Bonchev–Trinajstić information content (AvgIpc) is 3.04. The summed E-state index contributed by atoms with van der Waals surface area (Å²) in [4.78, 5) is 6.66. The van der Waals surface area contributed by atoms with Gasteiger partial charge >= 0.3 is 0 Å². The van der Waals surface area contributed by atoms with Crippen LogP contribution in [0.2, 0.25) is 0 Å². The van der Waals surface area contributed by atoms with Gasteiger partial charge in [-0.1, -0.05) is 6.07 Å². The van der Waals surface area contributed by atoms with E-state index in [1.165, 1.54) is 0 Å². The van der Waals surface area contributed by atoms with Crippen molar-refractivity contribution in [3.05, 3.63) is 30.2 Å². The lowest BCUT2D eigenvalue weighted by Crippen LogP contribution is -2.44. The molecule has 1 aliphatic heterocycles. The van der Waals surface area contributed by atoms with Gasteiger partial charge in [0.25, 0.3) is 0 Å². The molecule has 0 saturated carbocycles. The molecule has 2 aromatic heterocycles. The lowest BCUT2D eigenvalue weighted by molar-refractivity contribution is 0.0389. The third-order valence-corrected chi connectivity index (χ3v) is 4.07. The zero-order chi connectivity index (χ0) is 16.6. The number of aromatic nitrogens is 3. The number of nitrogens with one attached hydrogen (secondary N) is 2. The van der Waals surface area contributed by atoms with Crippen LogP contribution in [0.3, 0.4) is 0 Å². The Balaban J connectivity index is 1.39. The molecule has 3 heterocycles. The topological polar surface area (TPSA) is 79.1 Å². The van der Waals surface area contributed by atoms with Crippen LogP contribution in [0.25, 0.3) is 5.65 Å². The molecule has 8 nitrogen and oxygen atoms in total. The maximum atomic E-state index is 5.36. The van der Waals surface area contributed by atoms with E-state index >= 15 is 0 Å². The van der Waals surface area contributed by atoms with Gasteiger partial charge in [-0.3, -0.25) is 14.3 Å². The molecule has 1 fully saturated rings. The first kappa shape index (κ1) is 16.7. The van der Waals surface area contributed by atoms with Gasteiger partial charge in [0.15, 0.2) is 11.6 Å². The molecule has 3 rings (SSSR count). The van der Waals surface area contributed by atoms with Crippen LogP contribution in [0, 0.1) is 0 Å². The number of hydrogen-bond acceptors (Lipinski definition) is 5. The molecule has 130 valence electrons. The van der Waals surface area contributed by atoms with E-state index in [9.17, 15) is 0 Å². The average molecular weight is 331 g/mol. The van der Waals surface area contributed by atoms with Crippen LogP contribution in [-0.4, -0.2) is 78.4 Å². The molecule has 8 heteroatoms. The molecule has 0 amide bonds. The molecular formula is C16H25N7O. The second-order valence-corrected chi connectivity index (χ2v) is 5.67. The minimum atomic E-state index is 0.757. The van der Waals surface area contributed by atoms with Gasteiger partial charge in [-0.05, 0) is 12.1 Å². The van der Waals surface area contributed by atoms with E-state index in [0.29, 0.717) is 0 Å². The summed E-state index contributed by atoms with van der Waals surface area (Å²) < 4.78 is 7.37.